The molecule has 1 aromatic heterocycles. The number of nitrogens with one attached hydrogen (secondary N) is 2. The Labute approximate surface area is 155 Å². The average molecular weight is 374 g/mol. The van der Waals surface area contributed by atoms with Crippen LogP contribution in [0.25, 0.3) is 11.3 Å². The van der Waals surface area contributed by atoms with E-state index in [0.717, 1.165) is 11.3 Å². The van der Waals surface area contributed by atoms with E-state index in [1.165, 1.54) is 12.1 Å². The maximum atomic E-state index is 13.2. The van der Waals surface area contributed by atoms with E-state index in [1.54, 1.807) is 12.1 Å². The van der Waals surface area contributed by atoms with Crippen LogP contribution in [0.2, 0.25) is 5.02 Å². The van der Waals surface area contributed by atoms with E-state index in [2.05, 4.69) is 15.5 Å². The fraction of sp³-hybridized carbons (Fsp3) is 0.158. The van der Waals surface area contributed by atoms with Crippen molar-refractivity contribution in [3.8, 4) is 17.0 Å². The van der Waals surface area contributed by atoms with Crippen LogP contribution in [0.5, 0.6) is 5.75 Å². The lowest BCUT2D eigenvalue weighted by Crippen LogP contribution is -2.23. The molecule has 0 atom stereocenters. The predicted molar refractivity (Wildman–Crippen MR) is 97.8 cm³/mol. The number of amides is 1. The molecular formula is C19H17ClFN3O2. The van der Waals surface area contributed by atoms with Crippen LogP contribution in [-0.4, -0.2) is 22.7 Å². The smallest absolute Gasteiger partial charge is 0.269 e. The van der Waals surface area contributed by atoms with E-state index in [-0.39, 0.29) is 17.5 Å². The van der Waals surface area contributed by atoms with Crippen molar-refractivity contribution in [1.82, 2.24) is 15.5 Å². The zero-order valence-electron chi connectivity index (χ0n) is 14.1. The first-order valence-electron chi connectivity index (χ1n) is 8.07. The zero-order valence-corrected chi connectivity index (χ0v) is 14.8. The van der Waals surface area contributed by atoms with Crippen molar-refractivity contribution in [3.63, 3.8) is 0 Å². The molecule has 0 radical (unpaired) electrons. The summed E-state index contributed by atoms with van der Waals surface area (Å²) < 4.78 is 18.6. The highest BCUT2D eigenvalue weighted by atomic mass is 35.5. The first kappa shape index (κ1) is 17.9. The third-order valence-electron chi connectivity index (χ3n) is 3.72. The van der Waals surface area contributed by atoms with E-state index in [0.29, 0.717) is 23.6 Å². The number of hydrogen-bond acceptors (Lipinski definition) is 3. The molecule has 1 heterocycles. The molecule has 2 aromatic carbocycles. The molecule has 3 aromatic rings. The van der Waals surface area contributed by atoms with Crippen molar-refractivity contribution in [2.45, 2.75) is 13.5 Å². The number of halogens is 2. The van der Waals surface area contributed by atoms with Gasteiger partial charge in [-0.05, 0) is 55.0 Å². The summed E-state index contributed by atoms with van der Waals surface area (Å²) >= 11 is 5.74. The Morgan fingerprint density at radius 1 is 1.23 bits per heavy atom. The summed E-state index contributed by atoms with van der Waals surface area (Å²) in [6.07, 6.45) is 0. The van der Waals surface area contributed by atoms with Crippen molar-refractivity contribution < 1.29 is 13.9 Å². The standard InChI is InChI=1S/C19H17ClFN3O2/c1-2-26-14-6-4-13(5-7-14)17-10-18(24-23-17)19(25)22-11-12-3-8-16(21)15(20)9-12/h3-10H,2,11H2,1H3,(H,22,25)(H,23,24). The van der Waals surface area contributed by atoms with Gasteiger partial charge in [0.1, 0.15) is 17.3 Å². The second-order valence-electron chi connectivity index (χ2n) is 5.56. The first-order chi connectivity index (χ1) is 12.6. The Morgan fingerprint density at radius 2 is 2.00 bits per heavy atom. The molecule has 5 nitrogen and oxygen atoms in total. The second kappa shape index (κ2) is 8.01. The number of carbonyl (C=O) groups is 1. The van der Waals surface area contributed by atoms with Crippen LogP contribution in [0.15, 0.2) is 48.5 Å². The maximum absolute atomic E-state index is 13.2. The minimum absolute atomic E-state index is 0.0241. The van der Waals surface area contributed by atoms with E-state index < -0.39 is 5.82 Å². The van der Waals surface area contributed by atoms with Gasteiger partial charge in [0.25, 0.3) is 5.91 Å². The Balaban J connectivity index is 1.64. The molecule has 134 valence electrons. The number of carbonyl (C=O) groups excluding carboxylic acids is 1. The van der Waals surface area contributed by atoms with E-state index >= 15 is 0 Å². The summed E-state index contributed by atoms with van der Waals surface area (Å²) in [5, 5.41) is 9.65. The third kappa shape index (κ3) is 4.21. The number of rotatable bonds is 6. The van der Waals surface area contributed by atoms with Crippen molar-refractivity contribution in [2.75, 3.05) is 6.61 Å². The zero-order chi connectivity index (χ0) is 18.5. The SMILES string of the molecule is CCOc1ccc(-c2cc(C(=O)NCc3ccc(F)c(Cl)c3)[nH]n2)cc1. The lowest BCUT2D eigenvalue weighted by Gasteiger charge is -2.04. The molecule has 0 saturated carbocycles. The molecule has 0 unspecified atom stereocenters. The average Bonchev–Trinajstić information content (AvgIpc) is 3.13. The molecule has 26 heavy (non-hydrogen) atoms. The summed E-state index contributed by atoms with van der Waals surface area (Å²) in [6.45, 7) is 2.76. The number of ether oxygens (including phenoxy) is 1. The van der Waals surface area contributed by atoms with Crippen LogP contribution in [0.4, 0.5) is 4.39 Å². The van der Waals surface area contributed by atoms with Gasteiger partial charge < -0.3 is 10.1 Å². The molecule has 2 N–H and O–H groups in total. The lowest BCUT2D eigenvalue weighted by atomic mass is 10.1. The third-order valence-corrected chi connectivity index (χ3v) is 4.01. The summed E-state index contributed by atoms with van der Waals surface area (Å²) in [6, 6.07) is 13.5. The van der Waals surface area contributed by atoms with Crippen molar-refractivity contribution >= 4 is 17.5 Å². The summed E-state index contributed by atoms with van der Waals surface area (Å²) in [5.74, 6) is -0.0202. The highest BCUT2D eigenvalue weighted by molar-refractivity contribution is 6.30. The topological polar surface area (TPSA) is 67.0 Å². The number of hydrogen-bond donors (Lipinski definition) is 2. The van der Waals surface area contributed by atoms with Gasteiger partial charge >= 0.3 is 0 Å². The lowest BCUT2D eigenvalue weighted by molar-refractivity contribution is 0.0946. The van der Waals surface area contributed by atoms with Crippen LogP contribution in [0, 0.1) is 5.82 Å². The summed E-state index contributed by atoms with van der Waals surface area (Å²) in [4.78, 5) is 12.2. The normalized spacial score (nSPS) is 10.6. The molecule has 0 bridgehead atoms. The van der Waals surface area contributed by atoms with Gasteiger partial charge in [-0.1, -0.05) is 17.7 Å². The van der Waals surface area contributed by atoms with Crippen LogP contribution < -0.4 is 10.1 Å². The molecule has 0 aliphatic carbocycles. The minimum Gasteiger partial charge on any atom is -0.494 e. The van der Waals surface area contributed by atoms with Gasteiger partial charge in [-0.25, -0.2) is 4.39 Å². The fourth-order valence-electron chi connectivity index (χ4n) is 2.40. The molecular weight excluding hydrogens is 357 g/mol. The van der Waals surface area contributed by atoms with Gasteiger partial charge in [0.15, 0.2) is 0 Å². The summed E-state index contributed by atoms with van der Waals surface area (Å²) in [7, 11) is 0. The molecule has 0 spiro atoms. The predicted octanol–water partition coefficient (Wildman–Crippen LogP) is 4.20. The Hall–Kier alpha value is -2.86. The second-order valence-corrected chi connectivity index (χ2v) is 5.96. The Morgan fingerprint density at radius 3 is 2.69 bits per heavy atom. The number of H-pyrrole nitrogens is 1. The maximum Gasteiger partial charge on any atom is 0.269 e. The van der Waals surface area contributed by atoms with E-state index in [1.807, 2.05) is 31.2 Å². The number of nitrogens with zero attached hydrogens (tertiary/aromatic N) is 1. The highest BCUT2D eigenvalue weighted by Gasteiger charge is 2.11. The highest BCUT2D eigenvalue weighted by Crippen LogP contribution is 2.21. The van der Waals surface area contributed by atoms with E-state index in [9.17, 15) is 9.18 Å². The van der Waals surface area contributed by atoms with Crippen molar-refractivity contribution in [1.29, 1.82) is 0 Å². The molecule has 0 saturated heterocycles. The monoisotopic (exact) mass is 373 g/mol. The Kier molecular flexibility index (Phi) is 5.53. The van der Waals surface area contributed by atoms with E-state index in [4.69, 9.17) is 16.3 Å². The summed E-state index contributed by atoms with van der Waals surface area (Å²) in [5.41, 5.74) is 2.56. The largest absolute Gasteiger partial charge is 0.494 e. The van der Waals surface area contributed by atoms with Gasteiger partial charge in [0, 0.05) is 12.1 Å². The van der Waals surface area contributed by atoms with Crippen LogP contribution in [-0.2, 0) is 6.54 Å². The van der Waals surface area contributed by atoms with Crippen molar-refractivity contribution in [3.05, 3.63) is 70.6 Å². The molecule has 0 aliphatic heterocycles. The molecule has 3 rings (SSSR count). The van der Waals surface area contributed by atoms with Crippen LogP contribution >= 0.6 is 11.6 Å². The van der Waals surface area contributed by atoms with Gasteiger partial charge in [0.05, 0.1) is 17.3 Å². The number of aromatic amines is 1. The number of benzene rings is 2. The quantitative estimate of drug-likeness (QED) is 0.680. The van der Waals surface area contributed by atoms with Crippen LogP contribution in [0.1, 0.15) is 23.0 Å². The number of aromatic nitrogens is 2. The minimum atomic E-state index is -0.490. The van der Waals surface area contributed by atoms with Gasteiger partial charge in [-0.2, -0.15) is 5.10 Å². The Bertz CT molecular complexity index is 909. The van der Waals surface area contributed by atoms with Crippen LogP contribution in [0.3, 0.4) is 0 Å². The molecule has 0 aliphatic rings. The fourth-order valence-corrected chi connectivity index (χ4v) is 2.60. The molecule has 0 fully saturated rings. The first-order valence-corrected chi connectivity index (χ1v) is 8.45. The van der Waals surface area contributed by atoms with Crippen molar-refractivity contribution in [2.24, 2.45) is 0 Å². The van der Waals surface area contributed by atoms with Gasteiger partial charge in [-0.15, -0.1) is 0 Å². The molecule has 7 heteroatoms. The van der Waals surface area contributed by atoms with Gasteiger partial charge in [0.2, 0.25) is 0 Å². The van der Waals surface area contributed by atoms with Gasteiger partial charge in [-0.3, -0.25) is 9.89 Å². The molecule has 1 amide bonds.